The number of ether oxygens (including phenoxy) is 3. The Labute approximate surface area is 176 Å². The molecule has 1 aromatic rings. The highest BCUT2D eigenvalue weighted by atomic mass is 16.6. The van der Waals surface area contributed by atoms with Gasteiger partial charge in [-0.05, 0) is 58.9 Å². The number of methoxy groups -OCH3 is 1. The van der Waals surface area contributed by atoms with E-state index in [1.54, 1.807) is 12.1 Å². The quantitative estimate of drug-likeness (QED) is 0.567. The molecule has 30 heavy (non-hydrogen) atoms. The van der Waals surface area contributed by atoms with Crippen molar-refractivity contribution >= 4 is 23.9 Å². The summed E-state index contributed by atoms with van der Waals surface area (Å²) in [5.41, 5.74) is 0.278. The van der Waals surface area contributed by atoms with E-state index in [9.17, 15) is 9.59 Å². The topological polar surface area (TPSA) is 123 Å². The van der Waals surface area contributed by atoms with Crippen LogP contribution in [0.4, 0.5) is 0 Å². The third-order valence-corrected chi connectivity index (χ3v) is 3.72. The number of nitrogens with one attached hydrogen (secondary N) is 3. The number of esters is 2. The van der Waals surface area contributed by atoms with Gasteiger partial charge in [0.05, 0.1) is 12.7 Å². The molecule has 1 aromatic carbocycles. The Hall–Kier alpha value is -3.30. The van der Waals surface area contributed by atoms with Gasteiger partial charge in [-0.1, -0.05) is 0 Å². The maximum Gasteiger partial charge on any atom is 0.346 e. The molecule has 0 radical (unpaired) electrons. The predicted octanol–water partition coefficient (Wildman–Crippen LogP) is 1.38. The molecule has 2 rings (SSSR count). The Morgan fingerprint density at radius 3 is 1.97 bits per heavy atom. The molecule has 1 unspecified atom stereocenters. The number of nitrogens with zero attached hydrogens (tertiary/aromatic N) is 2. The highest BCUT2D eigenvalue weighted by Crippen LogP contribution is 2.17. The zero-order valence-electron chi connectivity index (χ0n) is 18.1. The highest BCUT2D eigenvalue weighted by Gasteiger charge is 2.21. The van der Waals surface area contributed by atoms with Crippen LogP contribution in [-0.2, 0) is 14.3 Å². The van der Waals surface area contributed by atoms with Crippen molar-refractivity contribution in [3.63, 3.8) is 0 Å². The van der Waals surface area contributed by atoms with Gasteiger partial charge in [-0.25, -0.2) is 9.59 Å². The number of benzene rings is 1. The molecule has 0 aliphatic carbocycles. The lowest BCUT2D eigenvalue weighted by Crippen LogP contribution is -2.53. The molecule has 1 aliphatic heterocycles. The number of hydrogen-bond donors (Lipinski definition) is 3. The molecule has 3 N–H and O–H groups in total. The minimum Gasteiger partial charge on any atom is -0.466 e. The summed E-state index contributed by atoms with van der Waals surface area (Å²) in [7, 11) is 1.23. The van der Waals surface area contributed by atoms with Gasteiger partial charge in [0.1, 0.15) is 5.75 Å². The lowest BCUT2D eigenvalue weighted by molar-refractivity contribution is -0.149. The molecule has 0 spiro atoms. The van der Waals surface area contributed by atoms with E-state index >= 15 is 0 Å². The van der Waals surface area contributed by atoms with Crippen LogP contribution in [0.2, 0.25) is 0 Å². The van der Waals surface area contributed by atoms with Crippen molar-refractivity contribution in [3.05, 3.63) is 29.8 Å². The molecule has 1 aliphatic rings. The van der Waals surface area contributed by atoms with Crippen LogP contribution in [0.5, 0.6) is 5.75 Å². The van der Waals surface area contributed by atoms with E-state index in [2.05, 4.69) is 30.7 Å². The summed E-state index contributed by atoms with van der Waals surface area (Å²) < 4.78 is 15.4. The first-order chi connectivity index (χ1) is 14.2. The Kier molecular flexibility index (Phi) is 8.02. The number of guanidine groups is 2. The fraction of sp³-hybridized carbons (Fsp3) is 0.500. The molecule has 164 valence electrons. The van der Waals surface area contributed by atoms with E-state index in [0.717, 1.165) is 0 Å². The molecule has 0 saturated carbocycles. The second kappa shape index (κ2) is 10.5. The molecule has 1 heterocycles. The van der Waals surface area contributed by atoms with Crippen molar-refractivity contribution in [2.24, 2.45) is 9.98 Å². The molecule has 0 fully saturated rings. The van der Waals surface area contributed by atoms with E-state index in [1.807, 2.05) is 27.7 Å². The van der Waals surface area contributed by atoms with Gasteiger partial charge in [0.25, 0.3) is 6.35 Å². The summed E-state index contributed by atoms with van der Waals surface area (Å²) in [5.74, 6) is 0.306. The smallest absolute Gasteiger partial charge is 0.346 e. The van der Waals surface area contributed by atoms with Crippen molar-refractivity contribution in [1.29, 1.82) is 0 Å². The van der Waals surface area contributed by atoms with Crippen LogP contribution in [0.1, 0.15) is 45.0 Å². The summed E-state index contributed by atoms with van der Waals surface area (Å²) in [6, 6.07) is 6.64. The molecule has 10 heteroatoms. The fourth-order valence-electron chi connectivity index (χ4n) is 2.41. The zero-order valence-corrected chi connectivity index (χ0v) is 18.1. The Morgan fingerprint density at radius 2 is 1.50 bits per heavy atom. The zero-order chi connectivity index (χ0) is 22.3. The van der Waals surface area contributed by atoms with Gasteiger partial charge in [-0.2, -0.15) is 9.98 Å². The van der Waals surface area contributed by atoms with E-state index in [1.165, 1.54) is 26.2 Å². The maximum atomic E-state index is 12.1. The molecule has 10 nitrogen and oxygen atoms in total. The molecule has 0 bridgehead atoms. The second-order valence-corrected chi connectivity index (χ2v) is 7.22. The van der Waals surface area contributed by atoms with Crippen LogP contribution in [0, 0.1) is 0 Å². The van der Waals surface area contributed by atoms with Crippen LogP contribution in [0.15, 0.2) is 34.3 Å². The number of carbonyl (C=O) groups excluding carboxylic acids is 2. The van der Waals surface area contributed by atoms with Crippen LogP contribution in [0.25, 0.3) is 0 Å². The van der Waals surface area contributed by atoms with Crippen molar-refractivity contribution in [2.75, 3.05) is 7.11 Å². The van der Waals surface area contributed by atoms with Crippen molar-refractivity contribution in [2.45, 2.75) is 59.2 Å². The third kappa shape index (κ3) is 6.94. The molecule has 1 atom stereocenters. The van der Waals surface area contributed by atoms with Crippen molar-refractivity contribution < 1.29 is 23.8 Å². The van der Waals surface area contributed by atoms with Gasteiger partial charge < -0.3 is 24.8 Å². The van der Waals surface area contributed by atoms with Crippen LogP contribution < -0.4 is 20.7 Å². The Morgan fingerprint density at radius 1 is 0.967 bits per heavy atom. The van der Waals surface area contributed by atoms with Crippen molar-refractivity contribution in [1.82, 2.24) is 16.0 Å². The lowest BCUT2D eigenvalue weighted by Gasteiger charge is -2.25. The van der Waals surface area contributed by atoms with Gasteiger partial charge in [-0.3, -0.25) is 5.32 Å². The van der Waals surface area contributed by atoms with Gasteiger partial charge in [0, 0.05) is 12.1 Å². The third-order valence-electron chi connectivity index (χ3n) is 3.72. The predicted molar refractivity (Wildman–Crippen MR) is 112 cm³/mol. The summed E-state index contributed by atoms with van der Waals surface area (Å²) in [4.78, 5) is 32.3. The van der Waals surface area contributed by atoms with E-state index in [-0.39, 0.29) is 17.6 Å². The van der Waals surface area contributed by atoms with Gasteiger partial charge in [-0.15, -0.1) is 0 Å². The standard InChI is InChI=1S/C20H29N5O5/c1-11(2)21-18-23-19(22-12(3)4)25-20(24-18)30-15-9-7-14(8-10-15)17(27)29-13(5)16(26)28-6/h7-13,20H,1-6H3,(H3,21,22,23,24,25). The number of carbonyl (C=O) groups is 2. The summed E-state index contributed by atoms with van der Waals surface area (Å²) in [5, 5.41) is 9.48. The summed E-state index contributed by atoms with van der Waals surface area (Å²) in [6.07, 6.45) is -1.79. The molecular formula is C20H29N5O5. The first-order valence-corrected chi connectivity index (χ1v) is 9.69. The lowest BCUT2D eigenvalue weighted by atomic mass is 10.2. The number of hydrogen-bond acceptors (Lipinski definition) is 10. The van der Waals surface area contributed by atoms with E-state index in [4.69, 9.17) is 9.47 Å². The SMILES string of the molecule is COC(=O)C(C)OC(=O)c1ccc(OC2N=C(NC(C)C)NC(NC(C)C)=N2)cc1. The van der Waals surface area contributed by atoms with Crippen molar-refractivity contribution in [3.8, 4) is 5.75 Å². The number of rotatable bonds is 7. The second-order valence-electron chi connectivity index (χ2n) is 7.22. The largest absolute Gasteiger partial charge is 0.466 e. The first kappa shape index (κ1) is 23.0. The van der Waals surface area contributed by atoms with Crippen LogP contribution in [0.3, 0.4) is 0 Å². The molecule has 0 amide bonds. The monoisotopic (exact) mass is 419 g/mol. The van der Waals surface area contributed by atoms with E-state index in [0.29, 0.717) is 17.7 Å². The summed E-state index contributed by atoms with van der Waals surface area (Å²) in [6.45, 7) is 9.45. The average molecular weight is 419 g/mol. The maximum absolute atomic E-state index is 12.1. The average Bonchev–Trinajstić information content (AvgIpc) is 2.66. The first-order valence-electron chi connectivity index (χ1n) is 9.69. The number of aliphatic imine (C=N–C) groups is 2. The minimum absolute atomic E-state index is 0.174. The molecule has 0 aromatic heterocycles. The van der Waals surface area contributed by atoms with E-state index < -0.39 is 24.4 Å². The van der Waals surface area contributed by atoms with Crippen LogP contribution >= 0.6 is 0 Å². The normalized spacial score (nSPS) is 14.9. The highest BCUT2D eigenvalue weighted by molar-refractivity contribution is 6.00. The van der Waals surface area contributed by atoms with Crippen LogP contribution in [-0.4, -0.2) is 55.5 Å². The van der Waals surface area contributed by atoms with Gasteiger partial charge >= 0.3 is 11.9 Å². The Bertz CT molecular complexity index is 778. The minimum atomic E-state index is -0.990. The summed E-state index contributed by atoms with van der Waals surface area (Å²) >= 11 is 0. The molecular weight excluding hydrogens is 390 g/mol. The van der Waals surface area contributed by atoms with Gasteiger partial charge in [0.2, 0.25) is 11.9 Å². The molecule has 0 saturated heterocycles. The van der Waals surface area contributed by atoms with Gasteiger partial charge in [0.15, 0.2) is 6.10 Å². The Balaban J connectivity index is 2.07. The fourth-order valence-corrected chi connectivity index (χ4v) is 2.41.